The summed E-state index contributed by atoms with van der Waals surface area (Å²) in [6.07, 6.45) is 3.87. The van der Waals surface area contributed by atoms with Crippen molar-refractivity contribution < 1.29 is 30.0 Å². The molecule has 0 spiro atoms. The standard InChI is InChI=1S/C11H15NO4.C3H8O2/c1-11(12(2)3)7(9(13)14)5-4-6-8(11)10(15)16;1-3(5)2-4/h4-7H,1-3H3,(H,13,14)(H,15,16);3-5H,2H2,1H3. The minimum absolute atomic E-state index is 0.0902. The zero-order valence-corrected chi connectivity index (χ0v) is 12.6. The summed E-state index contributed by atoms with van der Waals surface area (Å²) >= 11 is 0. The zero-order valence-electron chi connectivity index (χ0n) is 12.6. The summed E-state index contributed by atoms with van der Waals surface area (Å²) < 4.78 is 0. The summed E-state index contributed by atoms with van der Waals surface area (Å²) in [5, 5.41) is 34.2. The van der Waals surface area contributed by atoms with Crippen LogP contribution >= 0.6 is 0 Å². The van der Waals surface area contributed by atoms with E-state index in [2.05, 4.69) is 0 Å². The molecule has 1 aliphatic carbocycles. The number of aliphatic hydroxyl groups is 2. The Morgan fingerprint density at radius 1 is 1.38 bits per heavy atom. The molecular formula is C14H23NO6. The first-order chi connectivity index (χ1) is 9.58. The molecule has 0 saturated heterocycles. The predicted octanol–water partition coefficient (Wildman–Crippen LogP) is -0.0522. The summed E-state index contributed by atoms with van der Waals surface area (Å²) in [7, 11) is 3.34. The second-order valence-electron chi connectivity index (χ2n) is 5.16. The van der Waals surface area contributed by atoms with Gasteiger partial charge in [0.1, 0.15) is 0 Å². The summed E-state index contributed by atoms with van der Waals surface area (Å²) in [6, 6.07) is 0. The van der Waals surface area contributed by atoms with E-state index >= 15 is 0 Å². The molecule has 0 aromatic heterocycles. The molecule has 0 aromatic carbocycles. The minimum atomic E-state index is -1.09. The maximum absolute atomic E-state index is 11.1. The number of hydrogen-bond acceptors (Lipinski definition) is 5. The first kappa shape index (κ1) is 19.3. The van der Waals surface area contributed by atoms with E-state index in [4.69, 9.17) is 20.4 Å². The molecule has 0 radical (unpaired) electrons. The highest BCUT2D eigenvalue weighted by molar-refractivity contribution is 5.92. The van der Waals surface area contributed by atoms with Gasteiger partial charge in [-0.3, -0.25) is 9.69 Å². The van der Waals surface area contributed by atoms with Crippen LogP contribution in [0.4, 0.5) is 0 Å². The van der Waals surface area contributed by atoms with Crippen molar-refractivity contribution in [3.8, 4) is 0 Å². The molecule has 0 amide bonds. The third-order valence-corrected chi connectivity index (χ3v) is 3.41. The molecule has 0 fully saturated rings. The lowest BCUT2D eigenvalue weighted by Gasteiger charge is -2.41. The second-order valence-corrected chi connectivity index (χ2v) is 5.16. The molecule has 120 valence electrons. The van der Waals surface area contributed by atoms with E-state index in [-0.39, 0.29) is 12.2 Å². The lowest BCUT2D eigenvalue weighted by atomic mass is 9.75. The van der Waals surface area contributed by atoms with Crippen LogP contribution in [0.3, 0.4) is 0 Å². The van der Waals surface area contributed by atoms with Gasteiger partial charge in [-0.05, 0) is 27.9 Å². The fourth-order valence-corrected chi connectivity index (χ4v) is 1.92. The van der Waals surface area contributed by atoms with Crippen LogP contribution in [0.2, 0.25) is 0 Å². The predicted molar refractivity (Wildman–Crippen MR) is 76.8 cm³/mol. The molecule has 0 aliphatic heterocycles. The molecule has 4 N–H and O–H groups in total. The number of nitrogens with zero attached hydrogens (tertiary/aromatic N) is 1. The van der Waals surface area contributed by atoms with Gasteiger partial charge in [-0.2, -0.15) is 0 Å². The van der Waals surface area contributed by atoms with Crippen LogP contribution in [0.1, 0.15) is 13.8 Å². The molecule has 1 rings (SSSR count). The van der Waals surface area contributed by atoms with Crippen molar-refractivity contribution in [3.63, 3.8) is 0 Å². The average molecular weight is 301 g/mol. The highest BCUT2D eigenvalue weighted by Crippen LogP contribution is 2.35. The lowest BCUT2D eigenvalue weighted by molar-refractivity contribution is -0.144. The monoisotopic (exact) mass is 301 g/mol. The van der Waals surface area contributed by atoms with Gasteiger partial charge in [0.25, 0.3) is 0 Å². The van der Waals surface area contributed by atoms with Gasteiger partial charge in [0.05, 0.1) is 29.7 Å². The Morgan fingerprint density at radius 3 is 2.14 bits per heavy atom. The Balaban J connectivity index is 0.000000690. The SMILES string of the molecule is CC(O)CO.CN(C)C1(C)C(C(=O)O)=CC=CC1C(=O)O. The number of carboxylic acids is 2. The number of aliphatic hydroxyl groups excluding tert-OH is 2. The maximum atomic E-state index is 11.1. The van der Waals surface area contributed by atoms with Crippen molar-refractivity contribution in [1.82, 2.24) is 4.90 Å². The smallest absolute Gasteiger partial charge is 0.333 e. The Labute approximate surface area is 123 Å². The summed E-state index contributed by atoms with van der Waals surface area (Å²) in [5.41, 5.74) is -0.945. The van der Waals surface area contributed by atoms with Crippen LogP contribution in [0.25, 0.3) is 0 Å². The molecule has 7 nitrogen and oxygen atoms in total. The molecule has 3 atom stereocenters. The van der Waals surface area contributed by atoms with E-state index in [0.29, 0.717) is 0 Å². The lowest BCUT2D eigenvalue weighted by Crippen LogP contribution is -2.54. The summed E-state index contributed by atoms with van der Waals surface area (Å²) in [5.74, 6) is -2.98. The molecule has 7 heteroatoms. The zero-order chi connectivity index (χ0) is 16.8. The number of carboxylic acid groups (broad SMARTS) is 2. The van der Waals surface area contributed by atoms with E-state index < -0.39 is 29.5 Å². The maximum Gasteiger partial charge on any atom is 0.333 e. The number of rotatable bonds is 4. The Morgan fingerprint density at radius 2 is 1.86 bits per heavy atom. The first-order valence-corrected chi connectivity index (χ1v) is 6.40. The molecular weight excluding hydrogens is 278 g/mol. The van der Waals surface area contributed by atoms with Crippen LogP contribution in [-0.4, -0.2) is 69.6 Å². The highest BCUT2D eigenvalue weighted by atomic mass is 16.4. The quantitative estimate of drug-likeness (QED) is 0.575. The summed E-state index contributed by atoms with van der Waals surface area (Å²) in [6.45, 7) is 3.01. The van der Waals surface area contributed by atoms with Crippen LogP contribution in [0.5, 0.6) is 0 Å². The Hall–Kier alpha value is -1.70. The Kier molecular flexibility index (Phi) is 7.28. The third-order valence-electron chi connectivity index (χ3n) is 3.41. The van der Waals surface area contributed by atoms with Crippen LogP contribution in [0.15, 0.2) is 23.8 Å². The van der Waals surface area contributed by atoms with Gasteiger partial charge in [0.2, 0.25) is 0 Å². The third kappa shape index (κ3) is 4.66. The van der Waals surface area contributed by atoms with Gasteiger partial charge < -0.3 is 20.4 Å². The van der Waals surface area contributed by atoms with E-state index in [1.54, 1.807) is 25.9 Å². The molecule has 0 bridgehead atoms. The van der Waals surface area contributed by atoms with E-state index in [9.17, 15) is 9.59 Å². The van der Waals surface area contributed by atoms with Gasteiger partial charge in [-0.15, -0.1) is 0 Å². The van der Waals surface area contributed by atoms with Crippen molar-refractivity contribution in [3.05, 3.63) is 23.8 Å². The fourth-order valence-electron chi connectivity index (χ4n) is 1.92. The number of likely N-dealkylation sites (N-methyl/N-ethyl adjacent to an activating group) is 1. The molecule has 0 heterocycles. The molecule has 0 aromatic rings. The number of hydrogen-bond donors (Lipinski definition) is 4. The first-order valence-electron chi connectivity index (χ1n) is 6.40. The van der Waals surface area contributed by atoms with Gasteiger partial charge in [-0.1, -0.05) is 18.2 Å². The number of carbonyl (C=O) groups is 2. The van der Waals surface area contributed by atoms with Crippen LogP contribution in [0, 0.1) is 5.92 Å². The van der Waals surface area contributed by atoms with Crippen molar-refractivity contribution in [2.24, 2.45) is 5.92 Å². The van der Waals surface area contributed by atoms with Gasteiger partial charge in [-0.25, -0.2) is 4.79 Å². The Bertz CT molecular complexity index is 441. The van der Waals surface area contributed by atoms with E-state index in [1.165, 1.54) is 25.2 Å². The number of aliphatic carboxylic acids is 2. The van der Waals surface area contributed by atoms with Crippen molar-refractivity contribution >= 4 is 11.9 Å². The number of allylic oxidation sites excluding steroid dienone is 2. The van der Waals surface area contributed by atoms with Crippen LogP contribution in [-0.2, 0) is 9.59 Å². The van der Waals surface area contributed by atoms with E-state index in [0.717, 1.165) is 0 Å². The molecule has 1 aliphatic rings. The molecule has 0 saturated carbocycles. The molecule has 21 heavy (non-hydrogen) atoms. The molecule has 3 unspecified atom stereocenters. The second kappa shape index (κ2) is 7.92. The van der Waals surface area contributed by atoms with Gasteiger partial charge in [0.15, 0.2) is 0 Å². The van der Waals surface area contributed by atoms with E-state index in [1.807, 2.05) is 0 Å². The van der Waals surface area contributed by atoms with Crippen molar-refractivity contribution in [1.29, 1.82) is 0 Å². The van der Waals surface area contributed by atoms with Crippen molar-refractivity contribution in [2.75, 3.05) is 20.7 Å². The van der Waals surface area contributed by atoms with Crippen LogP contribution < -0.4 is 0 Å². The fraction of sp³-hybridized carbons (Fsp3) is 0.571. The van der Waals surface area contributed by atoms with Gasteiger partial charge >= 0.3 is 11.9 Å². The highest BCUT2D eigenvalue weighted by Gasteiger charge is 2.46. The topological polar surface area (TPSA) is 118 Å². The normalized spacial score (nSPS) is 25.7. The minimum Gasteiger partial charge on any atom is -0.481 e. The van der Waals surface area contributed by atoms with Gasteiger partial charge in [0, 0.05) is 0 Å². The largest absolute Gasteiger partial charge is 0.481 e. The average Bonchev–Trinajstić information content (AvgIpc) is 2.38. The van der Waals surface area contributed by atoms with Crippen molar-refractivity contribution in [2.45, 2.75) is 25.5 Å². The summed E-state index contributed by atoms with van der Waals surface area (Å²) in [4.78, 5) is 23.9.